The van der Waals surface area contributed by atoms with Crippen molar-refractivity contribution in [1.29, 1.82) is 0 Å². The van der Waals surface area contributed by atoms with Gasteiger partial charge in [0.1, 0.15) is 6.26 Å². The number of ether oxygens (including phenoxy) is 1. The van der Waals surface area contributed by atoms with E-state index >= 15 is 0 Å². The lowest BCUT2D eigenvalue weighted by atomic mass is 10.1. The summed E-state index contributed by atoms with van der Waals surface area (Å²) in [7, 11) is 0. The van der Waals surface area contributed by atoms with E-state index in [2.05, 4.69) is 10.1 Å². The third-order valence-corrected chi connectivity index (χ3v) is 2.99. The Kier molecular flexibility index (Phi) is 4.00. The molecule has 0 fully saturated rings. The summed E-state index contributed by atoms with van der Waals surface area (Å²) in [6.07, 6.45) is 1.63. The number of oxazole rings is 1. The fraction of sp³-hybridized carbons (Fsp3) is 0.188. The Morgan fingerprint density at radius 1 is 1.27 bits per heavy atom. The van der Waals surface area contributed by atoms with Gasteiger partial charge in [-0.3, -0.25) is 0 Å². The van der Waals surface area contributed by atoms with Gasteiger partial charge in [0.15, 0.2) is 11.5 Å². The highest BCUT2D eigenvalue weighted by Crippen LogP contribution is 2.21. The van der Waals surface area contributed by atoms with Crippen LogP contribution >= 0.6 is 0 Å². The van der Waals surface area contributed by atoms with Gasteiger partial charge in [0.25, 0.3) is 0 Å². The molecule has 0 N–H and O–H groups in total. The first-order valence-corrected chi connectivity index (χ1v) is 6.89. The van der Waals surface area contributed by atoms with E-state index in [4.69, 9.17) is 13.7 Å². The van der Waals surface area contributed by atoms with E-state index in [0.29, 0.717) is 30.4 Å². The minimum absolute atomic E-state index is 0.156. The molecule has 112 valence electrons. The van der Waals surface area contributed by atoms with Crippen molar-refractivity contribution in [2.75, 3.05) is 6.61 Å². The molecule has 0 saturated carbocycles. The molecule has 22 heavy (non-hydrogen) atoms. The Morgan fingerprint density at radius 2 is 2.09 bits per heavy atom. The largest absolute Gasteiger partial charge is 0.461 e. The molecule has 3 rings (SSSR count). The van der Waals surface area contributed by atoms with Gasteiger partial charge in [-0.25, -0.2) is 9.78 Å². The zero-order chi connectivity index (χ0) is 15.4. The summed E-state index contributed by atoms with van der Waals surface area (Å²) in [4.78, 5) is 15.6. The smallest absolute Gasteiger partial charge is 0.360 e. The predicted octanol–water partition coefficient (Wildman–Crippen LogP) is 3.10. The van der Waals surface area contributed by atoms with Crippen LogP contribution in [0.1, 0.15) is 29.0 Å². The molecular formula is C16H14N2O4. The second kappa shape index (κ2) is 6.26. The number of carbonyl (C=O) groups is 1. The van der Waals surface area contributed by atoms with Crippen molar-refractivity contribution in [3.8, 4) is 11.3 Å². The van der Waals surface area contributed by atoms with Crippen LogP contribution in [-0.2, 0) is 11.2 Å². The highest BCUT2D eigenvalue weighted by molar-refractivity contribution is 5.86. The quantitative estimate of drug-likeness (QED) is 0.673. The summed E-state index contributed by atoms with van der Waals surface area (Å²) in [5.41, 5.74) is 1.78. The van der Waals surface area contributed by atoms with Gasteiger partial charge in [0.05, 0.1) is 18.7 Å². The molecule has 0 spiro atoms. The van der Waals surface area contributed by atoms with Gasteiger partial charge in [-0.05, 0) is 6.92 Å². The molecule has 6 heteroatoms. The minimum Gasteiger partial charge on any atom is -0.461 e. The van der Waals surface area contributed by atoms with Crippen molar-refractivity contribution >= 4 is 5.97 Å². The van der Waals surface area contributed by atoms with Crippen LogP contribution in [0.2, 0.25) is 0 Å². The van der Waals surface area contributed by atoms with Gasteiger partial charge in [-0.1, -0.05) is 35.5 Å². The van der Waals surface area contributed by atoms with Crippen molar-refractivity contribution in [3.63, 3.8) is 0 Å². The van der Waals surface area contributed by atoms with Crippen molar-refractivity contribution in [1.82, 2.24) is 10.1 Å². The Hall–Kier alpha value is -2.89. The van der Waals surface area contributed by atoms with E-state index in [1.165, 1.54) is 6.26 Å². The normalized spacial score (nSPS) is 10.6. The average Bonchev–Trinajstić information content (AvgIpc) is 3.18. The molecule has 0 aliphatic carbocycles. The van der Waals surface area contributed by atoms with Crippen molar-refractivity contribution in [2.24, 2.45) is 0 Å². The van der Waals surface area contributed by atoms with Crippen molar-refractivity contribution in [2.45, 2.75) is 13.3 Å². The van der Waals surface area contributed by atoms with Gasteiger partial charge in [-0.15, -0.1) is 0 Å². The summed E-state index contributed by atoms with van der Waals surface area (Å²) in [6.45, 7) is 2.03. The number of rotatable bonds is 5. The fourth-order valence-corrected chi connectivity index (χ4v) is 1.98. The molecule has 3 aromatic rings. The van der Waals surface area contributed by atoms with E-state index in [9.17, 15) is 4.79 Å². The van der Waals surface area contributed by atoms with Crippen LogP contribution in [0.25, 0.3) is 11.3 Å². The van der Waals surface area contributed by atoms with Gasteiger partial charge < -0.3 is 13.7 Å². The number of aromatic nitrogens is 2. The highest BCUT2D eigenvalue weighted by atomic mass is 16.5. The number of hydrogen-bond donors (Lipinski definition) is 0. The standard InChI is InChI=1S/C16H14N2O4/c1-2-20-16(19)13-10-21-15(17-13)9-12-8-14(22-18-12)11-6-4-3-5-7-11/h3-8,10H,2,9H2,1H3. The SMILES string of the molecule is CCOC(=O)c1coc(Cc2cc(-c3ccccc3)on2)n1. The molecule has 0 saturated heterocycles. The molecular weight excluding hydrogens is 284 g/mol. The number of nitrogens with zero attached hydrogens (tertiary/aromatic N) is 2. The second-order valence-electron chi connectivity index (χ2n) is 4.57. The molecule has 0 atom stereocenters. The van der Waals surface area contributed by atoms with Crippen LogP contribution in [0, 0.1) is 0 Å². The van der Waals surface area contributed by atoms with E-state index in [1.807, 2.05) is 36.4 Å². The maximum absolute atomic E-state index is 11.5. The van der Waals surface area contributed by atoms with Crippen molar-refractivity contribution < 1.29 is 18.5 Å². The van der Waals surface area contributed by atoms with Crippen molar-refractivity contribution in [3.05, 3.63) is 59.9 Å². The number of benzene rings is 1. The molecule has 2 aromatic heterocycles. The molecule has 0 radical (unpaired) electrons. The molecule has 1 aromatic carbocycles. The molecule has 0 aliphatic heterocycles. The molecule has 2 heterocycles. The maximum atomic E-state index is 11.5. The third kappa shape index (κ3) is 3.06. The molecule has 0 unspecified atom stereocenters. The van der Waals surface area contributed by atoms with Crippen LogP contribution < -0.4 is 0 Å². The number of hydrogen-bond acceptors (Lipinski definition) is 6. The predicted molar refractivity (Wildman–Crippen MR) is 77.2 cm³/mol. The Balaban J connectivity index is 1.72. The van der Waals surface area contributed by atoms with Crippen LogP contribution in [0.3, 0.4) is 0 Å². The summed E-state index contributed by atoms with van der Waals surface area (Å²) >= 11 is 0. The first kappa shape index (κ1) is 14.1. The second-order valence-corrected chi connectivity index (χ2v) is 4.57. The van der Waals surface area contributed by atoms with Gasteiger partial charge in [0.2, 0.25) is 5.89 Å². The first-order chi connectivity index (χ1) is 10.8. The maximum Gasteiger partial charge on any atom is 0.360 e. The Morgan fingerprint density at radius 3 is 2.86 bits per heavy atom. The van der Waals surface area contributed by atoms with Gasteiger partial charge in [-0.2, -0.15) is 0 Å². The molecule has 0 amide bonds. The van der Waals surface area contributed by atoms with Gasteiger partial charge >= 0.3 is 5.97 Å². The van der Waals surface area contributed by atoms with Crippen LogP contribution in [0.15, 0.2) is 51.6 Å². The zero-order valence-corrected chi connectivity index (χ0v) is 12.0. The van der Waals surface area contributed by atoms with Crippen LogP contribution in [0.4, 0.5) is 0 Å². The average molecular weight is 298 g/mol. The summed E-state index contributed by atoms with van der Waals surface area (Å²) < 4.78 is 15.4. The molecule has 0 bridgehead atoms. The summed E-state index contributed by atoms with van der Waals surface area (Å²) in [5, 5.41) is 3.99. The van der Waals surface area contributed by atoms with E-state index in [0.717, 1.165) is 5.56 Å². The van der Waals surface area contributed by atoms with E-state index in [1.54, 1.807) is 6.92 Å². The van der Waals surface area contributed by atoms with E-state index < -0.39 is 5.97 Å². The van der Waals surface area contributed by atoms with Gasteiger partial charge in [0, 0.05) is 11.6 Å². The zero-order valence-electron chi connectivity index (χ0n) is 12.0. The number of esters is 1. The topological polar surface area (TPSA) is 78.4 Å². The fourth-order valence-electron chi connectivity index (χ4n) is 1.98. The highest BCUT2D eigenvalue weighted by Gasteiger charge is 2.15. The monoisotopic (exact) mass is 298 g/mol. The van der Waals surface area contributed by atoms with E-state index in [-0.39, 0.29) is 5.69 Å². The number of carbonyl (C=O) groups excluding carboxylic acids is 1. The van der Waals surface area contributed by atoms with Crippen LogP contribution in [-0.4, -0.2) is 22.7 Å². The third-order valence-electron chi connectivity index (χ3n) is 2.99. The Labute approximate surface area is 126 Å². The Bertz CT molecular complexity index is 761. The first-order valence-electron chi connectivity index (χ1n) is 6.89. The summed E-state index contributed by atoms with van der Waals surface area (Å²) in [6, 6.07) is 11.5. The van der Waals surface area contributed by atoms with Crippen LogP contribution in [0.5, 0.6) is 0 Å². The lowest BCUT2D eigenvalue weighted by Crippen LogP contribution is -2.05. The summed E-state index contributed by atoms with van der Waals surface area (Å²) in [5.74, 6) is 0.561. The lowest BCUT2D eigenvalue weighted by molar-refractivity contribution is 0.0519. The molecule has 0 aliphatic rings. The molecule has 6 nitrogen and oxygen atoms in total. The lowest BCUT2D eigenvalue weighted by Gasteiger charge is -1.94. The minimum atomic E-state index is -0.498.